The molecule has 236 valence electrons. The van der Waals surface area contributed by atoms with Crippen molar-refractivity contribution in [1.29, 1.82) is 0 Å². The number of epoxide rings is 1. The van der Waals surface area contributed by atoms with Gasteiger partial charge in [-0.25, -0.2) is 4.79 Å². The van der Waals surface area contributed by atoms with Gasteiger partial charge in [-0.3, -0.25) is 24.0 Å². The molecule has 0 N–H and O–H groups in total. The van der Waals surface area contributed by atoms with Crippen LogP contribution in [0.15, 0.2) is 23.3 Å². The van der Waals surface area contributed by atoms with E-state index >= 15 is 0 Å². The first-order valence-corrected chi connectivity index (χ1v) is 14.0. The average Bonchev–Trinajstić information content (AvgIpc) is 3.46. The highest BCUT2D eigenvalue weighted by molar-refractivity contribution is 5.89. The summed E-state index contributed by atoms with van der Waals surface area (Å²) in [7, 11) is 0. The van der Waals surface area contributed by atoms with Crippen molar-refractivity contribution in [3.63, 3.8) is 0 Å². The van der Waals surface area contributed by atoms with E-state index < -0.39 is 95.0 Å². The van der Waals surface area contributed by atoms with Crippen LogP contribution in [0.25, 0.3) is 0 Å². The van der Waals surface area contributed by atoms with Gasteiger partial charge in [0.05, 0.1) is 5.41 Å². The first kappa shape index (κ1) is 32.2. The van der Waals surface area contributed by atoms with E-state index in [0.29, 0.717) is 5.57 Å². The Labute approximate surface area is 249 Å². The van der Waals surface area contributed by atoms with Gasteiger partial charge in [0, 0.05) is 47.0 Å². The van der Waals surface area contributed by atoms with E-state index in [1.165, 1.54) is 26.8 Å². The van der Waals surface area contributed by atoms with Crippen LogP contribution in [0, 0.1) is 11.3 Å². The maximum absolute atomic E-state index is 13.2. The molecule has 13 heteroatoms. The fourth-order valence-electron chi connectivity index (χ4n) is 7.19. The van der Waals surface area contributed by atoms with Gasteiger partial charge >= 0.3 is 35.8 Å². The Morgan fingerprint density at radius 3 is 1.81 bits per heavy atom. The topological polar surface area (TPSA) is 170 Å². The summed E-state index contributed by atoms with van der Waals surface area (Å²) < 4.78 is 41.2. The van der Waals surface area contributed by atoms with Gasteiger partial charge in [0.25, 0.3) is 0 Å². The van der Waals surface area contributed by atoms with Crippen LogP contribution in [0.1, 0.15) is 68.7 Å². The third-order valence-corrected chi connectivity index (χ3v) is 8.92. The van der Waals surface area contributed by atoms with E-state index in [9.17, 15) is 28.8 Å². The molecule has 4 aliphatic rings. The first-order valence-electron chi connectivity index (χ1n) is 14.0. The summed E-state index contributed by atoms with van der Waals surface area (Å²) in [6.45, 7) is 12.4. The number of carbonyl (C=O) groups is 6. The molecule has 1 spiro atoms. The van der Waals surface area contributed by atoms with Gasteiger partial charge in [0.2, 0.25) is 0 Å². The fourth-order valence-corrected chi connectivity index (χ4v) is 7.19. The number of carbonyl (C=O) groups excluding carboxylic acids is 6. The van der Waals surface area contributed by atoms with E-state index in [1.54, 1.807) is 26.8 Å². The molecule has 2 heterocycles. The van der Waals surface area contributed by atoms with Crippen molar-refractivity contribution < 1.29 is 61.9 Å². The summed E-state index contributed by atoms with van der Waals surface area (Å²) in [5.41, 5.74) is -3.74. The zero-order chi connectivity index (χ0) is 32.2. The summed E-state index contributed by atoms with van der Waals surface area (Å²) in [6.07, 6.45) is -4.28. The lowest BCUT2D eigenvalue weighted by Crippen LogP contribution is -2.66. The molecule has 10 atom stereocenters. The van der Waals surface area contributed by atoms with Crippen molar-refractivity contribution in [2.24, 2.45) is 11.3 Å². The van der Waals surface area contributed by atoms with Gasteiger partial charge < -0.3 is 33.2 Å². The van der Waals surface area contributed by atoms with Gasteiger partial charge in [-0.05, 0) is 32.4 Å². The predicted molar refractivity (Wildman–Crippen MR) is 144 cm³/mol. The molecule has 0 saturated carbocycles. The average molecular weight is 607 g/mol. The lowest BCUT2D eigenvalue weighted by molar-refractivity contribution is -0.223. The molecule has 2 aliphatic carbocycles. The highest BCUT2D eigenvalue weighted by Crippen LogP contribution is 2.65. The third-order valence-electron chi connectivity index (χ3n) is 8.92. The van der Waals surface area contributed by atoms with Crippen molar-refractivity contribution in [1.82, 2.24) is 0 Å². The van der Waals surface area contributed by atoms with Crippen LogP contribution in [0.3, 0.4) is 0 Å². The van der Waals surface area contributed by atoms with E-state index in [-0.39, 0.29) is 12.0 Å². The SMILES string of the molecule is CC(=O)O[C@H]1[C@H](OC(C)=O)/C(C)=C\[C@@H]2OC(=O)[C@]3(C)O[C@]23[C@@H](OC(C)=O)C2C(C)=CC[C@H](OC(C)=O)[C@]2(C)[C@H]1OC(C)=O. The molecule has 2 fully saturated rings. The van der Waals surface area contributed by atoms with Crippen LogP contribution in [-0.2, 0) is 61.9 Å². The molecule has 0 aromatic rings. The second kappa shape index (κ2) is 11.1. The summed E-state index contributed by atoms with van der Waals surface area (Å²) in [5, 5.41) is 0. The van der Waals surface area contributed by atoms with Crippen molar-refractivity contribution in [3.8, 4) is 0 Å². The van der Waals surface area contributed by atoms with Crippen LogP contribution in [0.4, 0.5) is 0 Å². The summed E-state index contributed by atoms with van der Waals surface area (Å²) >= 11 is 0. The quantitative estimate of drug-likeness (QED) is 0.193. The van der Waals surface area contributed by atoms with E-state index in [4.69, 9.17) is 33.2 Å². The van der Waals surface area contributed by atoms with Crippen LogP contribution in [-0.4, -0.2) is 83.6 Å². The number of ether oxygens (including phenoxy) is 7. The van der Waals surface area contributed by atoms with E-state index in [2.05, 4.69) is 0 Å². The Kier molecular flexibility index (Phi) is 8.29. The maximum atomic E-state index is 13.2. The summed E-state index contributed by atoms with van der Waals surface area (Å²) in [6, 6.07) is 0. The Morgan fingerprint density at radius 2 is 1.30 bits per heavy atom. The first-order chi connectivity index (χ1) is 19.9. The molecule has 0 bridgehead atoms. The minimum Gasteiger partial charge on any atom is -0.461 e. The normalized spacial score (nSPS) is 40.9. The number of hydrogen-bond donors (Lipinski definition) is 0. The molecule has 1 unspecified atom stereocenters. The zero-order valence-electron chi connectivity index (χ0n) is 25.7. The second-order valence-electron chi connectivity index (χ2n) is 12.0. The highest BCUT2D eigenvalue weighted by atomic mass is 16.7. The van der Waals surface area contributed by atoms with E-state index in [1.807, 2.05) is 0 Å². The smallest absolute Gasteiger partial charge is 0.342 e. The Morgan fingerprint density at radius 1 is 0.767 bits per heavy atom. The molecule has 43 heavy (non-hydrogen) atoms. The number of fused-ring (bicyclic) bond motifs is 1. The van der Waals surface area contributed by atoms with Crippen molar-refractivity contribution in [2.75, 3.05) is 0 Å². The minimum absolute atomic E-state index is 0.146. The fraction of sp³-hybridized carbons (Fsp3) is 0.667. The van der Waals surface area contributed by atoms with Gasteiger partial charge in [-0.15, -0.1) is 0 Å². The Hall–Kier alpha value is -3.74. The van der Waals surface area contributed by atoms with Crippen LogP contribution < -0.4 is 0 Å². The number of esters is 6. The van der Waals surface area contributed by atoms with Gasteiger partial charge in [0.15, 0.2) is 35.6 Å². The second-order valence-corrected chi connectivity index (χ2v) is 12.0. The Balaban J connectivity index is 2.14. The molecule has 2 saturated heterocycles. The predicted octanol–water partition coefficient (Wildman–Crippen LogP) is 2.03. The van der Waals surface area contributed by atoms with Gasteiger partial charge in [-0.1, -0.05) is 18.6 Å². The molecular formula is C30H38O13. The van der Waals surface area contributed by atoms with Crippen LogP contribution >= 0.6 is 0 Å². The molecule has 2 aliphatic heterocycles. The lowest BCUT2D eigenvalue weighted by atomic mass is 9.56. The molecule has 13 nitrogen and oxygen atoms in total. The third kappa shape index (κ3) is 5.21. The van der Waals surface area contributed by atoms with Gasteiger partial charge in [0.1, 0.15) is 12.2 Å². The monoisotopic (exact) mass is 606 g/mol. The standard InChI is InChI=1S/C30H38O13/c1-13-10-11-20(37-15(3)31)28(8)22(13)25(40-18(6)34)30-21(42-27(36)29(30,9)43-30)12-14(2)23(38-16(4)32)24(39-17(5)33)26(28)41-19(7)35/h10,12,20-26H,11H2,1-9H3/b14-12-/t20-,21-,22?,23+,24-,25-,26-,28-,29-,30-/m0/s1. The van der Waals surface area contributed by atoms with Crippen molar-refractivity contribution in [3.05, 3.63) is 23.3 Å². The molecule has 0 radical (unpaired) electrons. The molecule has 0 aromatic carbocycles. The van der Waals surface area contributed by atoms with Crippen LogP contribution in [0.5, 0.6) is 0 Å². The number of hydrogen-bond acceptors (Lipinski definition) is 13. The van der Waals surface area contributed by atoms with Crippen molar-refractivity contribution in [2.45, 2.75) is 117 Å². The highest BCUT2D eigenvalue weighted by Gasteiger charge is 2.87. The molecular weight excluding hydrogens is 568 g/mol. The van der Waals surface area contributed by atoms with Gasteiger partial charge in [-0.2, -0.15) is 0 Å². The summed E-state index contributed by atoms with van der Waals surface area (Å²) in [4.78, 5) is 76.2. The Bertz CT molecular complexity index is 1310. The largest absolute Gasteiger partial charge is 0.461 e. The van der Waals surface area contributed by atoms with Crippen molar-refractivity contribution >= 4 is 35.8 Å². The molecule has 4 rings (SSSR count). The minimum atomic E-state index is -1.56. The zero-order valence-corrected chi connectivity index (χ0v) is 25.7. The number of rotatable bonds is 5. The molecule has 0 aromatic heterocycles. The maximum Gasteiger partial charge on any atom is 0.342 e. The summed E-state index contributed by atoms with van der Waals surface area (Å²) in [5.74, 6) is -5.32. The molecule has 0 amide bonds. The van der Waals surface area contributed by atoms with Crippen LogP contribution in [0.2, 0.25) is 0 Å². The van der Waals surface area contributed by atoms with E-state index in [0.717, 1.165) is 20.8 Å². The lowest BCUT2D eigenvalue weighted by Gasteiger charge is -2.54.